The van der Waals surface area contributed by atoms with Gasteiger partial charge in [-0.2, -0.15) is 0 Å². The highest BCUT2D eigenvalue weighted by molar-refractivity contribution is 7.91. The number of aryl methyl sites for hydroxylation is 1. The third-order valence-electron chi connectivity index (χ3n) is 5.48. The molecule has 8 nitrogen and oxygen atoms in total. The Labute approximate surface area is 141 Å². The molecule has 4 rings (SSSR count). The molecule has 1 aromatic heterocycles. The number of carbonyl (C=O) groups excluding carboxylic acids is 1. The highest BCUT2D eigenvalue weighted by Crippen LogP contribution is 2.45. The molecule has 9 heteroatoms. The minimum absolute atomic E-state index is 0.308. The predicted octanol–water partition coefficient (Wildman–Crippen LogP) is -0.499. The van der Waals surface area contributed by atoms with Crippen molar-refractivity contribution in [3.8, 4) is 0 Å². The van der Waals surface area contributed by atoms with Gasteiger partial charge >= 0.3 is 0 Å². The van der Waals surface area contributed by atoms with Gasteiger partial charge in [0.05, 0.1) is 0 Å². The van der Waals surface area contributed by atoms with E-state index in [0.29, 0.717) is 37.8 Å². The third kappa shape index (κ3) is 2.37. The number of hydrogen-bond donors (Lipinski definition) is 1. The predicted molar refractivity (Wildman–Crippen MR) is 87.6 cm³/mol. The van der Waals surface area contributed by atoms with Gasteiger partial charge in [0, 0.05) is 49.9 Å². The van der Waals surface area contributed by atoms with Crippen LogP contribution in [0.5, 0.6) is 0 Å². The summed E-state index contributed by atoms with van der Waals surface area (Å²) in [6.07, 6.45) is 2.45. The lowest BCUT2D eigenvalue weighted by molar-refractivity contribution is -0.130. The van der Waals surface area contributed by atoms with Crippen LogP contribution in [0.4, 0.5) is 5.95 Å². The van der Waals surface area contributed by atoms with E-state index in [1.807, 2.05) is 13.0 Å². The maximum Gasteiger partial charge on any atom is 0.245 e. The molecule has 1 amide bonds. The summed E-state index contributed by atoms with van der Waals surface area (Å²) in [6, 6.07) is 1.86. The van der Waals surface area contributed by atoms with Gasteiger partial charge in [0.1, 0.15) is 0 Å². The summed E-state index contributed by atoms with van der Waals surface area (Å²) in [5.74, 6) is 1.08. The van der Waals surface area contributed by atoms with Crippen molar-refractivity contribution in [2.24, 2.45) is 17.0 Å². The Bertz CT molecular complexity index is 778. The van der Waals surface area contributed by atoms with E-state index >= 15 is 0 Å². The van der Waals surface area contributed by atoms with Crippen LogP contribution in [0.25, 0.3) is 0 Å². The van der Waals surface area contributed by atoms with Crippen molar-refractivity contribution in [1.29, 1.82) is 0 Å². The molecule has 1 aliphatic carbocycles. The van der Waals surface area contributed by atoms with Crippen molar-refractivity contribution in [1.82, 2.24) is 14.9 Å². The molecule has 130 valence electrons. The lowest BCUT2D eigenvalue weighted by atomic mass is 10.0. The highest BCUT2D eigenvalue weighted by atomic mass is 32.2. The number of carbonyl (C=O) groups is 1. The Balaban J connectivity index is 1.44. The van der Waals surface area contributed by atoms with Crippen LogP contribution in [-0.2, 0) is 14.8 Å². The van der Waals surface area contributed by atoms with E-state index < -0.39 is 14.8 Å². The Morgan fingerprint density at radius 1 is 1.25 bits per heavy atom. The average Bonchev–Trinajstić information content (AvgIpc) is 3.10. The maximum atomic E-state index is 12.6. The first-order valence-corrected chi connectivity index (χ1v) is 9.71. The normalized spacial score (nSPS) is 28.1. The quantitative estimate of drug-likeness (QED) is 0.786. The average molecular weight is 351 g/mol. The van der Waals surface area contributed by atoms with E-state index in [2.05, 4.69) is 14.9 Å². The molecule has 0 aromatic carbocycles. The largest absolute Gasteiger partial charge is 0.341 e. The number of nitrogens with zero attached hydrogens (tertiary/aromatic N) is 4. The number of amides is 1. The number of hydrogen-bond acceptors (Lipinski definition) is 6. The Morgan fingerprint density at radius 2 is 1.88 bits per heavy atom. The van der Waals surface area contributed by atoms with Gasteiger partial charge in [-0.05, 0) is 25.8 Å². The molecule has 3 aliphatic rings. The topological polar surface area (TPSA) is 109 Å². The summed E-state index contributed by atoms with van der Waals surface area (Å²) in [5, 5.41) is 5.27. The fraction of sp³-hybridized carbons (Fsp3) is 0.667. The van der Waals surface area contributed by atoms with Crippen LogP contribution in [0, 0.1) is 18.8 Å². The lowest BCUT2D eigenvalue weighted by Crippen LogP contribution is -2.47. The zero-order chi connectivity index (χ0) is 17.1. The molecule has 2 aliphatic heterocycles. The van der Waals surface area contributed by atoms with Crippen LogP contribution >= 0.6 is 0 Å². The molecule has 1 saturated carbocycles. The first-order chi connectivity index (χ1) is 11.3. The first-order valence-electron chi connectivity index (χ1n) is 8.16. The second-order valence-electron chi connectivity index (χ2n) is 7.17. The number of sulfonamides is 1. The van der Waals surface area contributed by atoms with Crippen LogP contribution in [-0.4, -0.2) is 60.1 Å². The van der Waals surface area contributed by atoms with Crippen molar-refractivity contribution in [3.63, 3.8) is 0 Å². The van der Waals surface area contributed by atoms with Crippen LogP contribution in [0.2, 0.25) is 0 Å². The number of nitrogens with two attached hydrogens (primary N) is 1. The molecule has 1 aromatic rings. The number of fused-ring (bicyclic) bond motifs is 1. The minimum atomic E-state index is -3.83. The maximum absolute atomic E-state index is 12.6. The van der Waals surface area contributed by atoms with Crippen molar-refractivity contribution >= 4 is 21.9 Å². The molecule has 0 radical (unpaired) electrons. The van der Waals surface area contributed by atoms with Crippen LogP contribution in [0.1, 0.15) is 18.5 Å². The summed E-state index contributed by atoms with van der Waals surface area (Å²) >= 11 is 0. The molecule has 2 N–H and O–H groups in total. The second kappa shape index (κ2) is 5.13. The Kier molecular flexibility index (Phi) is 3.37. The zero-order valence-electron chi connectivity index (χ0n) is 13.6. The summed E-state index contributed by atoms with van der Waals surface area (Å²) in [7, 11) is -3.83. The number of likely N-dealkylation sites (tertiary alicyclic amines) is 1. The zero-order valence-corrected chi connectivity index (χ0v) is 14.4. The van der Waals surface area contributed by atoms with Crippen molar-refractivity contribution < 1.29 is 13.2 Å². The monoisotopic (exact) mass is 351 g/mol. The van der Waals surface area contributed by atoms with Gasteiger partial charge in [0.2, 0.25) is 21.9 Å². The van der Waals surface area contributed by atoms with Gasteiger partial charge < -0.3 is 9.80 Å². The highest BCUT2D eigenvalue weighted by Gasteiger charge is 2.62. The van der Waals surface area contributed by atoms with E-state index in [0.717, 1.165) is 24.7 Å². The summed E-state index contributed by atoms with van der Waals surface area (Å²) in [4.78, 5) is 25.3. The smallest absolute Gasteiger partial charge is 0.245 e. The van der Waals surface area contributed by atoms with Crippen LogP contribution in [0.15, 0.2) is 12.3 Å². The van der Waals surface area contributed by atoms with Crippen molar-refractivity contribution in [2.45, 2.75) is 24.5 Å². The second-order valence-corrected chi connectivity index (χ2v) is 9.04. The van der Waals surface area contributed by atoms with Gasteiger partial charge in [0.25, 0.3) is 0 Å². The van der Waals surface area contributed by atoms with Crippen molar-refractivity contribution in [2.75, 3.05) is 31.1 Å². The Hall–Kier alpha value is -1.74. The number of primary sulfonamides is 1. The molecule has 0 unspecified atom stereocenters. The van der Waals surface area contributed by atoms with Crippen LogP contribution < -0.4 is 10.0 Å². The molecular formula is C15H21N5O3S. The van der Waals surface area contributed by atoms with E-state index in [1.54, 1.807) is 11.1 Å². The van der Waals surface area contributed by atoms with Gasteiger partial charge in [-0.1, -0.05) is 0 Å². The van der Waals surface area contributed by atoms with Crippen LogP contribution in [0.3, 0.4) is 0 Å². The van der Waals surface area contributed by atoms with E-state index in [1.165, 1.54) is 0 Å². The Morgan fingerprint density at radius 3 is 2.38 bits per heavy atom. The number of anilines is 1. The molecular weight excluding hydrogens is 330 g/mol. The van der Waals surface area contributed by atoms with E-state index in [4.69, 9.17) is 5.14 Å². The fourth-order valence-corrected chi connectivity index (χ4v) is 4.98. The number of rotatable bonds is 3. The molecule has 24 heavy (non-hydrogen) atoms. The summed E-state index contributed by atoms with van der Waals surface area (Å²) < 4.78 is 22.1. The lowest BCUT2D eigenvalue weighted by Gasteiger charge is -2.24. The van der Waals surface area contributed by atoms with E-state index in [9.17, 15) is 13.2 Å². The molecule has 3 fully saturated rings. The molecule has 3 heterocycles. The van der Waals surface area contributed by atoms with Crippen molar-refractivity contribution in [3.05, 3.63) is 18.0 Å². The molecule has 0 bridgehead atoms. The SMILES string of the molecule is Cc1ccnc(N2C[C@H]3CN(C(=O)C4(S(N)(=O)=O)CC4)C[C@H]3C2)n1. The van der Waals surface area contributed by atoms with Gasteiger partial charge in [-0.15, -0.1) is 0 Å². The molecule has 0 spiro atoms. The minimum Gasteiger partial charge on any atom is -0.341 e. The number of aromatic nitrogens is 2. The summed E-state index contributed by atoms with van der Waals surface area (Å²) in [6.45, 7) is 4.69. The summed E-state index contributed by atoms with van der Waals surface area (Å²) in [5.41, 5.74) is 0.928. The van der Waals surface area contributed by atoms with Gasteiger partial charge in [-0.25, -0.2) is 23.5 Å². The molecule has 2 atom stereocenters. The standard InChI is InChI=1S/C15H21N5O3S/c1-10-2-5-17-14(18-10)20-8-11-6-19(7-12(11)9-20)13(21)15(3-4-15)24(16,22)23/h2,5,11-12H,3-4,6-9H2,1H3,(H2,16,22,23)/t11-,12+. The fourth-order valence-electron chi connectivity index (χ4n) is 3.93. The van der Waals surface area contributed by atoms with Gasteiger partial charge in [-0.3, -0.25) is 4.79 Å². The molecule has 2 saturated heterocycles. The third-order valence-corrected chi connectivity index (χ3v) is 7.15. The van der Waals surface area contributed by atoms with E-state index in [-0.39, 0.29) is 5.91 Å². The first kappa shape index (κ1) is 15.8. The van der Waals surface area contributed by atoms with Gasteiger partial charge in [0.15, 0.2) is 4.75 Å².